The number of benzene rings is 3. The molecule has 0 unspecified atom stereocenters. The van der Waals surface area contributed by atoms with Crippen molar-refractivity contribution in [2.45, 2.75) is 18.2 Å². The van der Waals surface area contributed by atoms with E-state index in [0.717, 1.165) is 27.8 Å². The lowest BCUT2D eigenvalue weighted by Gasteiger charge is -2.04. The van der Waals surface area contributed by atoms with Gasteiger partial charge in [0.1, 0.15) is 5.82 Å². The minimum Gasteiger partial charge on any atom is -0.242 e. The molecule has 0 saturated heterocycles. The number of thioether (sulfide) groups is 2. The Balaban J connectivity index is 1.68. The SMILES string of the molecule is Cc1ccc(N=C(C=CSc2cccc(F)c2)SCCc2ccccc2)cc1. The molecule has 0 N–H and O–H groups in total. The number of aliphatic imine (C=N–C) groups is 1. The Labute approximate surface area is 174 Å². The van der Waals surface area contributed by atoms with E-state index in [1.807, 2.05) is 35.7 Å². The van der Waals surface area contributed by atoms with E-state index in [-0.39, 0.29) is 5.82 Å². The third kappa shape index (κ3) is 7.02. The molecule has 3 aromatic carbocycles. The lowest BCUT2D eigenvalue weighted by molar-refractivity contribution is 0.624. The van der Waals surface area contributed by atoms with Crippen LogP contribution >= 0.6 is 23.5 Å². The summed E-state index contributed by atoms with van der Waals surface area (Å²) in [5.41, 5.74) is 3.48. The lowest BCUT2D eigenvalue weighted by Crippen LogP contribution is -1.93. The van der Waals surface area contributed by atoms with Gasteiger partial charge in [-0.1, -0.05) is 65.9 Å². The summed E-state index contributed by atoms with van der Waals surface area (Å²) in [6.07, 6.45) is 2.99. The first-order valence-electron chi connectivity index (χ1n) is 9.10. The molecule has 142 valence electrons. The third-order valence-electron chi connectivity index (χ3n) is 3.97. The van der Waals surface area contributed by atoms with Gasteiger partial charge in [0.2, 0.25) is 0 Å². The van der Waals surface area contributed by atoms with Gasteiger partial charge in [0.15, 0.2) is 0 Å². The van der Waals surface area contributed by atoms with Crippen molar-refractivity contribution in [2.24, 2.45) is 4.99 Å². The number of halogens is 1. The van der Waals surface area contributed by atoms with Crippen molar-refractivity contribution in [3.05, 3.63) is 107 Å². The van der Waals surface area contributed by atoms with Crippen molar-refractivity contribution in [2.75, 3.05) is 5.75 Å². The zero-order valence-corrected chi connectivity index (χ0v) is 17.3. The van der Waals surface area contributed by atoms with E-state index in [0.29, 0.717) is 0 Å². The van der Waals surface area contributed by atoms with Crippen LogP contribution in [0.5, 0.6) is 0 Å². The average molecular weight is 408 g/mol. The molecule has 3 rings (SSSR count). The number of hydrogen-bond donors (Lipinski definition) is 0. The van der Waals surface area contributed by atoms with Crippen molar-refractivity contribution in [1.29, 1.82) is 0 Å². The highest BCUT2D eigenvalue weighted by Crippen LogP contribution is 2.22. The van der Waals surface area contributed by atoms with Gasteiger partial charge in [-0.2, -0.15) is 0 Å². The van der Waals surface area contributed by atoms with E-state index in [2.05, 4.69) is 43.3 Å². The summed E-state index contributed by atoms with van der Waals surface area (Å²) in [5, 5.41) is 2.92. The molecule has 0 fully saturated rings. The van der Waals surface area contributed by atoms with Gasteiger partial charge in [0.05, 0.1) is 10.7 Å². The van der Waals surface area contributed by atoms with Gasteiger partial charge in [-0.05, 0) is 60.7 Å². The Hall–Kier alpha value is -2.30. The van der Waals surface area contributed by atoms with Crippen molar-refractivity contribution >= 4 is 34.3 Å². The Morgan fingerprint density at radius 3 is 2.50 bits per heavy atom. The fourth-order valence-corrected chi connectivity index (χ4v) is 4.15. The van der Waals surface area contributed by atoms with Crippen LogP contribution in [-0.4, -0.2) is 10.8 Å². The van der Waals surface area contributed by atoms with E-state index in [1.165, 1.54) is 35.0 Å². The summed E-state index contributed by atoms with van der Waals surface area (Å²) in [6.45, 7) is 2.07. The van der Waals surface area contributed by atoms with Crippen LogP contribution in [0.3, 0.4) is 0 Å². The van der Waals surface area contributed by atoms with Crippen LogP contribution in [0.25, 0.3) is 0 Å². The minimum atomic E-state index is -0.218. The molecular formula is C24H22FNS2. The van der Waals surface area contributed by atoms with Crippen molar-refractivity contribution < 1.29 is 4.39 Å². The molecule has 0 bridgehead atoms. The highest BCUT2D eigenvalue weighted by Gasteiger charge is 2.00. The highest BCUT2D eigenvalue weighted by atomic mass is 32.2. The molecule has 3 aromatic rings. The van der Waals surface area contributed by atoms with Crippen LogP contribution in [0.4, 0.5) is 10.1 Å². The molecule has 0 saturated carbocycles. The zero-order valence-electron chi connectivity index (χ0n) is 15.7. The molecule has 1 nitrogen and oxygen atoms in total. The van der Waals surface area contributed by atoms with Crippen molar-refractivity contribution in [3.63, 3.8) is 0 Å². The Bertz CT molecular complexity index is 934. The maximum absolute atomic E-state index is 13.3. The van der Waals surface area contributed by atoms with E-state index in [9.17, 15) is 4.39 Å². The molecule has 0 amide bonds. The van der Waals surface area contributed by atoms with E-state index >= 15 is 0 Å². The molecule has 4 heteroatoms. The normalized spacial score (nSPS) is 11.9. The predicted octanol–water partition coefficient (Wildman–Crippen LogP) is 7.45. The Morgan fingerprint density at radius 1 is 0.964 bits per heavy atom. The smallest absolute Gasteiger partial charge is 0.124 e. The van der Waals surface area contributed by atoms with Crippen LogP contribution in [0.15, 0.2) is 100 Å². The molecule has 0 aliphatic rings. The number of hydrogen-bond acceptors (Lipinski definition) is 3. The van der Waals surface area contributed by atoms with Crippen LogP contribution in [-0.2, 0) is 6.42 Å². The zero-order chi connectivity index (χ0) is 19.6. The van der Waals surface area contributed by atoms with Crippen LogP contribution in [0.1, 0.15) is 11.1 Å². The van der Waals surface area contributed by atoms with Crippen LogP contribution < -0.4 is 0 Å². The van der Waals surface area contributed by atoms with Gasteiger partial charge in [0, 0.05) is 10.6 Å². The fraction of sp³-hybridized carbons (Fsp3) is 0.125. The maximum atomic E-state index is 13.3. The lowest BCUT2D eigenvalue weighted by atomic mass is 10.2. The van der Waals surface area contributed by atoms with Crippen LogP contribution in [0, 0.1) is 12.7 Å². The standard InChI is InChI=1S/C24H22FNS2/c1-19-10-12-22(13-11-19)26-24(28-16-14-20-6-3-2-4-7-20)15-17-27-23-9-5-8-21(25)18-23/h2-13,15,17-18H,14,16H2,1H3. The maximum Gasteiger partial charge on any atom is 0.124 e. The second-order valence-corrected chi connectivity index (χ2v) is 8.34. The van der Waals surface area contributed by atoms with E-state index < -0.39 is 0 Å². The van der Waals surface area contributed by atoms with Gasteiger partial charge in [-0.3, -0.25) is 0 Å². The monoisotopic (exact) mass is 407 g/mol. The summed E-state index contributed by atoms with van der Waals surface area (Å²) in [7, 11) is 0. The Kier molecular flexibility index (Phi) is 7.94. The summed E-state index contributed by atoms with van der Waals surface area (Å²) >= 11 is 3.22. The first-order valence-corrected chi connectivity index (χ1v) is 11.0. The molecule has 0 aliphatic heterocycles. The second-order valence-electron chi connectivity index (χ2n) is 6.25. The fourth-order valence-electron chi connectivity index (χ4n) is 2.49. The van der Waals surface area contributed by atoms with Gasteiger partial charge in [-0.15, -0.1) is 11.8 Å². The topological polar surface area (TPSA) is 12.4 Å². The summed E-state index contributed by atoms with van der Waals surface area (Å²) in [4.78, 5) is 5.66. The minimum absolute atomic E-state index is 0.218. The quantitative estimate of drug-likeness (QED) is 0.229. The first kappa shape index (κ1) is 20.4. The molecule has 0 aromatic heterocycles. The third-order valence-corrected chi connectivity index (χ3v) is 5.70. The van der Waals surface area contributed by atoms with Gasteiger partial charge in [0.25, 0.3) is 0 Å². The van der Waals surface area contributed by atoms with E-state index in [1.54, 1.807) is 17.8 Å². The molecule has 0 aliphatic carbocycles. The summed E-state index contributed by atoms with van der Waals surface area (Å²) in [5.74, 6) is 0.730. The highest BCUT2D eigenvalue weighted by molar-refractivity contribution is 8.14. The molecule has 28 heavy (non-hydrogen) atoms. The molecule has 0 atom stereocenters. The second kappa shape index (κ2) is 10.9. The van der Waals surface area contributed by atoms with Gasteiger partial charge >= 0.3 is 0 Å². The first-order chi connectivity index (χ1) is 13.7. The predicted molar refractivity (Wildman–Crippen MR) is 122 cm³/mol. The number of rotatable bonds is 7. The number of nitrogens with zero attached hydrogens (tertiary/aromatic N) is 1. The van der Waals surface area contributed by atoms with Crippen LogP contribution in [0.2, 0.25) is 0 Å². The van der Waals surface area contributed by atoms with Crippen molar-refractivity contribution in [3.8, 4) is 0 Å². The van der Waals surface area contributed by atoms with Crippen molar-refractivity contribution in [1.82, 2.24) is 0 Å². The van der Waals surface area contributed by atoms with E-state index in [4.69, 9.17) is 4.99 Å². The number of aryl methyl sites for hydroxylation is 2. The van der Waals surface area contributed by atoms with Gasteiger partial charge in [-0.25, -0.2) is 9.38 Å². The van der Waals surface area contributed by atoms with Gasteiger partial charge < -0.3 is 0 Å². The Morgan fingerprint density at radius 2 is 1.75 bits per heavy atom. The summed E-state index contributed by atoms with van der Waals surface area (Å²) < 4.78 is 13.3. The average Bonchev–Trinajstić information content (AvgIpc) is 2.70. The molecular weight excluding hydrogens is 385 g/mol. The molecule has 0 heterocycles. The largest absolute Gasteiger partial charge is 0.242 e. The molecule has 0 spiro atoms. The summed E-state index contributed by atoms with van der Waals surface area (Å²) in [6, 6.07) is 25.3. The molecule has 0 radical (unpaired) electrons.